The Kier molecular flexibility index (Phi) is 4.65. The third-order valence-electron chi connectivity index (χ3n) is 3.91. The van der Waals surface area contributed by atoms with Crippen molar-refractivity contribution in [1.29, 1.82) is 0 Å². The lowest BCUT2D eigenvalue weighted by atomic mass is 10.0. The van der Waals surface area contributed by atoms with Gasteiger partial charge in [-0.05, 0) is 36.1 Å². The van der Waals surface area contributed by atoms with Crippen molar-refractivity contribution in [2.75, 3.05) is 25.0 Å². The van der Waals surface area contributed by atoms with Crippen LogP contribution in [0.15, 0.2) is 30.6 Å². The van der Waals surface area contributed by atoms with Crippen LogP contribution >= 0.6 is 0 Å². The number of anilines is 2. The van der Waals surface area contributed by atoms with Gasteiger partial charge in [0, 0.05) is 31.2 Å². The van der Waals surface area contributed by atoms with Crippen LogP contribution in [0.1, 0.15) is 29.7 Å². The van der Waals surface area contributed by atoms with Crippen LogP contribution in [0.25, 0.3) is 0 Å². The summed E-state index contributed by atoms with van der Waals surface area (Å²) < 4.78 is 5.80. The van der Waals surface area contributed by atoms with Crippen LogP contribution in [-0.4, -0.2) is 29.7 Å². The van der Waals surface area contributed by atoms with Gasteiger partial charge in [-0.25, -0.2) is 9.97 Å². The van der Waals surface area contributed by atoms with Gasteiger partial charge < -0.3 is 15.4 Å². The number of rotatable bonds is 4. The molecule has 0 amide bonds. The van der Waals surface area contributed by atoms with Crippen LogP contribution in [0.4, 0.5) is 11.6 Å². The van der Waals surface area contributed by atoms with Crippen molar-refractivity contribution in [2.24, 2.45) is 0 Å². The van der Waals surface area contributed by atoms with Crippen molar-refractivity contribution < 1.29 is 4.74 Å². The predicted molar refractivity (Wildman–Crippen MR) is 87.4 cm³/mol. The molecule has 0 spiro atoms. The maximum Gasteiger partial charge on any atom is 0.227 e. The molecule has 1 atom stereocenters. The summed E-state index contributed by atoms with van der Waals surface area (Å²) in [6.45, 7) is 6.74. The molecule has 1 saturated heterocycles. The van der Waals surface area contributed by atoms with E-state index < -0.39 is 0 Å². The van der Waals surface area contributed by atoms with Gasteiger partial charge in [-0.15, -0.1) is 0 Å². The summed E-state index contributed by atoms with van der Waals surface area (Å²) in [4.78, 5) is 8.68. The molecule has 5 nitrogen and oxygen atoms in total. The normalized spacial score (nSPS) is 18.2. The van der Waals surface area contributed by atoms with E-state index >= 15 is 0 Å². The molecule has 1 aliphatic rings. The molecule has 3 rings (SSSR count). The Morgan fingerprint density at radius 3 is 2.77 bits per heavy atom. The molecule has 0 saturated carbocycles. The summed E-state index contributed by atoms with van der Waals surface area (Å²) in [7, 11) is 0. The van der Waals surface area contributed by atoms with E-state index in [0.29, 0.717) is 5.95 Å². The van der Waals surface area contributed by atoms with Crippen LogP contribution in [0.3, 0.4) is 0 Å². The number of hydrogen-bond acceptors (Lipinski definition) is 5. The highest BCUT2D eigenvalue weighted by atomic mass is 16.5. The van der Waals surface area contributed by atoms with E-state index in [1.807, 2.05) is 12.4 Å². The standard InChI is InChI=1S/C17H22N4O/c1-3-13-9-19-17(20-10-13)21-15-5-4-14(8-12(15)2)16-11-18-6-7-22-16/h4-5,8-10,16,18H,3,6-7,11H2,1-2H3,(H,19,20,21)/t16-/m0/s1. The number of nitrogens with zero attached hydrogens (tertiary/aromatic N) is 2. The van der Waals surface area contributed by atoms with Gasteiger partial charge in [-0.1, -0.05) is 19.1 Å². The van der Waals surface area contributed by atoms with Crippen LogP contribution in [0, 0.1) is 6.92 Å². The molecular weight excluding hydrogens is 276 g/mol. The zero-order valence-electron chi connectivity index (χ0n) is 13.1. The summed E-state index contributed by atoms with van der Waals surface area (Å²) >= 11 is 0. The van der Waals surface area contributed by atoms with Gasteiger partial charge in [0.1, 0.15) is 0 Å². The molecule has 116 valence electrons. The zero-order chi connectivity index (χ0) is 15.4. The fourth-order valence-electron chi connectivity index (χ4n) is 2.53. The molecule has 0 radical (unpaired) electrons. The quantitative estimate of drug-likeness (QED) is 0.909. The third-order valence-corrected chi connectivity index (χ3v) is 3.91. The monoisotopic (exact) mass is 298 g/mol. The van der Waals surface area contributed by atoms with Crippen LogP contribution in [0.5, 0.6) is 0 Å². The second kappa shape index (κ2) is 6.85. The maximum atomic E-state index is 5.80. The van der Waals surface area contributed by atoms with Crippen molar-refractivity contribution in [2.45, 2.75) is 26.4 Å². The second-order valence-corrected chi connectivity index (χ2v) is 5.53. The van der Waals surface area contributed by atoms with E-state index in [-0.39, 0.29) is 6.10 Å². The summed E-state index contributed by atoms with van der Waals surface area (Å²) in [5.74, 6) is 0.628. The SMILES string of the molecule is CCc1cnc(Nc2ccc([C@@H]3CNCCO3)cc2C)nc1. The first-order chi connectivity index (χ1) is 10.8. The van der Waals surface area contributed by atoms with Crippen LogP contribution in [-0.2, 0) is 11.2 Å². The Morgan fingerprint density at radius 2 is 2.14 bits per heavy atom. The zero-order valence-corrected chi connectivity index (χ0v) is 13.1. The van der Waals surface area contributed by atoms with E-state index in [4.69, 9.17) is 4.74 Å². The van der Waals surface area contributed by atoms with Gasteiger partial charge in [0.05, 0.1) is 12.7 Å². The van der Waals surface area contributed by atoms with Crippen molar-refractivity contribution in [3.63, 3.8) is 0 Å². The van der Waals surface area contributed by atoms with E-state index in [1.54, 1.807) is 0 Å². The number of nitrogens with one attached hydrogen (secondary N) is 2. The van der Waals surface area contributed by atoms with Crippen molar-refractivity contribution in [3.8, 4) is 0 Å². The maximum absolute atomic E-state index is 5.80. The van der Waals surface area contributed by atoms with E-state index in [2.05, 4.69) is 52.6 Å². The summed E-state index contributed by atoms with van der Waals surface area (Å²) in [5, 5.41) is 6.63. The molecule has 5 heteroatoms. The molecule has 2 N–H and O–H groups in total. The Hall–Kier alpha value is -1.98. The van der Waals surface area contributed by atoms with Gasteiger partial charge in [0.15, 0.2) is 0 Å². The average Bonchev–Trinajstić information content (AvgIpc) is 2.58. The van der Waals surface area contributed by atoms with E-state index in [0.717, 1.165) is 42.9 Å². The number of aromatic nitrogens is 2. The first kappa shape index (κ1) is 14.9. The fourth-order valence-corrected chi connectivity index (χ4v) is 2.53. The highest BCUT2D eigenvalue weighted by Crippen LogP contribution is 2.25. The average molecular weight is 298 g/mol. The van der Waals surface area contributed by atoms with Gasteiger partial charge in [-0.3, -0.25) is 0 Å². The molecule has 0 aliphatic carbocycles. The van der Waals surface area contributed by atoms with Crippen LogP contribution in [0.2, 0.25) is 0 Å². The van der Waals surface area contributed by atoms with Gasteiger partial charge in [0.2, 0.25) is 5.95 Å². The summed E-state index contributed by atoms with van der Waals surface area (Å²) in [6, 6.07) is 6.34. The molecule has 0 bridgehead atoms. The number of hydrogen-bond donors (Lipinski definition) is 2. The molecule has 22 heavy (non-hydrogen) atoms. The first-order valence-corrected chi connectivity index (χ1v) is 7.77. The minimum atomic E-state index is 0.140. The molecule has 1 aliphatic heterocycles. The predicted octanol–water partition coefficient (Wildman–Crippen LogP) is 2.75. The molecule has 0 unspecified atom stereocenters. The van der Waals surface area contributed by atoms with E-state index in [1.165, 1.54) is 5.56 Å². The number of morpholine rings is 1. The molecule has 1 aromatic heterocycles. The summed E-state index contributed by atoms with van der Waals surface area (Å²) in [5.41, 5.74) is 4.53. The van der Waals surface area contributed by atoms with Gasteiger partial charge in [0.25, 0.3) is 0 Å². The lowest BCUT2D eigenvalue weighted by molar-refractivity contribution is 0.0277. The highest BCUT2D eigenvalue weighted by Gasteiger charge is 2.16. The van der Waals surface area contributed by atoms with Crippen molar-refractivity contribution >= 4 is 11.6 Å². The van der Waals surface area contributed by atoms with Crippen molar-refractivity contribution in [1.82, 2.24) is 15.3 Å². The molecule has 2 aromatic rings. The first-order valence-electron chi connectivity index (χ1n) is 7.77. The smallest absolute Gasteiger partial charge is 0.227 e. The Labute approximate surface area is 131 Å². The topological polar surface area (TPSA) is 59.1 Å². The number of ether oxygens (including phenoxy) is 1. The number of benzene rings is 1. The lowest BCUT2D eigenvalue weighted by Gasteiger charge is -2.24. The minimum absolute atomic E-state index is 0.140. The van der Waals surface area contributed by atoms with Gasteiger partial charge in [-0.2, -0.15) is 0 Å². The van der Waals surface area contributed by atoms with E-state index in [9.17, 15) is 0 Å². The number of aryl methyl sites for hydroxylation is 2. The molecule has 1 fully saturated rings. The molecule has 1 aromatic carbocycles. The summed E-state index contributed by atoms with van der Waals surface area (Å²) in [6.07, 6.45) is 4.81. The fraction of sp³-hybridized carbons (Fsp3) is 0.412. The highest BCUT2D eigenvalue weighted by molar-refractivity contribution is 5.59. The Bertz CT molecular complexity index is 621. The van der Waals surface area contributed by atoms with Crippen molar-refractivity contribution in [3.05, 3.63) is 47.3 Å². The minimum Gasteiger partial charge on any atom is -0.371 e. The largest absolute Gasteiger partial charge is 0.371 e. The molecule has 2 heterocycles. The molecular formula is C17H22N4O. The van der Waals surface area contributed by atoms with Crippen LogP contribution < -0.4 is 10.6 Å². The third kappa shape index (κ3) is 3.43. The lowest BCUT2D eigenvalue weighted by Crippen LogP contribution is -2.33. The van der Waals surface area contributed by atoms with Gasteiger partial charge >= 0.3 is 0 Å². The Balaban J connectivity index is 1.73. The second-order valence-electron chi connectivity index (χ2n) is 5.53. The Morgan fingerprint density at radius 1 is 1.32 bits per heavy atom.